The number of hydrogen-bond acceptors (Lipinski definition) is 2. The summed E-state index contributed by atoms with van der Waals surface area (Å²) < 4.78 is 12.9. The van der Waals surface area contributed by atoms with E-state index in [0.29, 0.717) is 5.69 Å². The highest BCUT2D eigenvalue weighted by Gasteiger charge is 2.57. The zero-order chi connectivity index (χ0) is 13.5. The summed E-state index contributed by atoms with van der Waals surface area (Å²) in [5.74, 6) is -0.310. The van der Waals surface area contributed by atoms with Crippen LogP contribution in [-0.2, 0) is 4.79 Å². The Morgan fingerprint density at radius 1 is 1.42 bits per heavy atom. The van der Waals surface area contributed by atoms with Gasteiger partial charge in [-0.2, -0.15) is 0 Å². The molecule has 3 nitrogen and oxygen atoms in total. The van der Waals surface area contributed by atoms with Crippen LogP contribution in [0.25, 0.3) is 0 Å². The third kappa shape index (κ3) is 2.47. The second-order valence-electron chi connectivity index (χ2n) is 5.48. The summed E-state index contributed by atoms with van der Waals surface area (Å²) in [6.07, 6.45) is 3.07. The number of piperidine rings is 1. The first-order valence-electron chi connectivity index (χ1n) is 6.57. The molecule has 1 heterocycles. The van der Waals surface area contributed by atoms with Gasteiger partial charge in [0.15, 0.2) is 0 Å². The molecule has 1 aromatic rings. The lowest BCUT2D eigenvalue weighted by atomic mass is 9.92. The average Bonchev–Trinajstić information content (AvgIpc) is 3.07. The molecule has 0 bridgehead atoms. The van der Waals surface area contributed by atoms with Gasteiger partial charge in [-0.15, -0.1) is 0 Å². The highest BCUT2D eigenvalue weighted by molar-refractivity contribution is 6.33. The molecule has 19 heavy (non-hydrogen) atoms. The summed E-state index contributed by atoms with van der Waals surface area (Å²) in [5, 5.41) is 6.37. The average molecular weight is 283 g/mol. The minimum atomic E-state index is -0.399. The predicted molar refractivity (Wildman–Crippen MR) is 72.7 cm³/mol. The molecular weight excluding hydrogens is 267 g/mol. The Morgan fingerprint density at radius 3 is 2.84 bits per heavy atom. The maximum atomic E-state index is 12.9. The first kappa shape index (κ1) is 12.9. The molecule has 1 spiro atoms. The summed E-state index contributed by atoms with van der Waals surface area (Å²) in [6.45, 7) is 1.97. The van der Waals surface area contributed by atoms with Crippen molar-refractivity contribution < 1.29 is 9.18 Å². The number of carbonyl (C=O) groups excluding carboxylic acids is 1. The number of carbonyl (C=O) groups is 1. The molecular formula is C14H16ClFN2O. The fourth-order valence-electron chi connectivity index (χ4n) is 3.01. The van der Waals surface area contributed by atoms with Crippen molar-refractivity contribution in [1.29, 1.82) is 0 Å². The molecule has 1 aliphatic carbocycles. The van der Waals surface area contributed by atoms with E-state index in [4.69, 9.17) is 11.6 Å². The van der Waals surface area contributed by atoms with Crippen LogP contribution in [-0.4, -0.2) is 19.0 Å². The van der Waals surface area contributed by atoms with Crippen molar-refractivity contribution >= 4 is 23.2 Å². The van der Waals surface area contributed by atoms with Gasteiger partial charge in [0.25, 0.3) is 0 Å². The Kier molecular flexibility index (Phi) is 3.23. The number of amides is 1. The van der Waals surface area contributed by atoms with Gasteiger partial charge in [-0.3, -0.25) is 4.79 Å². The van der Waals surface area contributed by atoms with E-state index in [1.807, 2.05) is 0 Å². The molecule has 5 heteroatoms. The fourth-order valence-corrected chi connectivity index (χ4v) is 3.22. The molecule has 1 atom stereocenters. The van der Waals surface area contributed by atoms with Crippen molar-refractivity contribution in [3.05, 3.63) is 29.0 Å². The molecule has 1 saturated carbocycles. The molecule has 1 unspecified atom stereocenters. The lowest BCUT2D eigenvalue weighted by Gasteiger charge is -2.23. The van der Waals surface area contributed by atoms with Crippen LogP contribution >= 0.6 is 11.6 Å². The molecule has 2 aliphatic rings. The number of rotatable bonds is 2. The standard InChI is InChI=1S/C14H16ClFN2O/c15-11-7-9(16)1-2-12(11)18-13(19)10-8-14(10)3-5-17-6-4-14/h1-2,7,10,17H,3-6,8H2,(H,18,19). The van der Waals surface area contributed by atoms with Gasteiger partial charge in [0, 0.05) is 5.92 Å². The maximum absolute atomic E-state index is 12.9. The molecule has 2 fully saturated rings. The normalized spacial score (nSPS) is 24.2. The van der Waals surface area contributed by atoms with Gasteiger partial charge in [-0.1, -0.05) is 11.6 Å². The zero-order valence-corrected chi connectivity index (χ0v) is 11.3. The SMILES string of the molecule is O=C(Nc1ccc(F)cc1Cl)C1CC12CCNCC2. The van der Waals surface area contributed by atoms with Crippen molar-refractivity contribution in [2.45, 2.75) is 19.3 Å². The van der Waals surface area contributed by atoms with Crippen LogP contribution in [0.3, 0.4) is 0 Å². The van der Waals surface area contributed by atoms with Gasteiger partial charge in [0.1, 0.15) is 5.82 Å². The van der Waals surface area contributed by atoms with Gasteiger partial charge in [0.2, 0.25) is 5.91 Å². The van der Waals surface area contributed by atoms with Crippen molar-refractivity contribution in [2.75, 3.05) is 18.4 Å². The Balaban J connectivity index is 1.66. The minimum Gasteiger partial charge on any atom is -0.325 e. The summed E-state index contributed by atoms with van der Waals surface area (Å²) in [5.41, 5.74) is 0.686. The number of anilines is 1. The molecule has 0 aromatic heterocycles. The van der Waals surface area contributed by atoms with Gasteiger partial charge in [-0.25, -0.2) is 4.39 Å². The molecule has 0 radical (unpaired) electrons. The van der Waals surface area contributed by atoms with Crippen LogP contribution in [0.15, 0.2) is 18.2 Å². The van der Waals surface area contributed by atoms with E-state index in [-0.39, 0.29) is 22.3 Å². The second-order valence-corrected chi connectivity index (χ2v) is 5.89. The second kappa shape index (κ2) is 4.76. The number of halogens is 2. The summed E-state index contributed by atoms with van der Waals surface area (Å²) in [6, 6.07) is 4.02. The van der Waals surface area contributed by atoms with Crippen LogP contribution < -0.4 is 10.6 Å². The van der Waals surface area contributed by atoms with Gasteiger partial charge >= 0.3 is 0 Å². The first-order chi connectivity index (χ1) is 9.11. The van der Waals surface area contributed by atoms with Gasteiger partial charge in [0.05, 0.1) is 10.7 Å². The molecule has 2 N–H and O–H groups in total. The lowest BCUT2D eigenvalue weighted by Crippen LogP contribution is -2.31. The van der Waals surface area contributed by atoms with Gasteiger partial charge in [-0.05, 0) is 56.0 Å². The molecule has 1 saturated heterocycles. The molecule has 1 aliphatic heterocycles. The van der Waals surface area contributed by atoms with Crippen molar-refractivity contribution in [2.24, 2.45) is 11.3 Å². The fraction of sp³-hybridized carbons (Fsp3) is 0.500. The van der Waals surface area contributed by atoms with Crippen molar-refractivity contribution in [3.63, 3.8) is 0 Å². The molecule has 102 valence electrons. The largest absolute Gasteiger partial charge is 0.325 e. The van der Waals surface area contributed by atoms with Crippen LogP contribution in [0.4, 0.5) is 10.1 Å². The minimum absolute atomic E-state index is 0.00964. The topological polar surface area (TPSA) is 41.1 Å². The highest BCUT2D eigenvalue weighted by Crippen LogP contribution is 2.58. The van der Waals surface area contributed by atoms with E-state index in [1.54, 1.807) is 0 Å². The summed E-state index contributed by atoms with van der Waals surface area (Å²) >= 11 is 5.91. The van der Waals surface area contributed by atoms with Crippen LogP contribution in [0, 0.1) is 17.2 Å². The Morgan fingerprint density at radius 2 is 2.16 bits per heavy atom. The smallest absolute Gasteiger partial charge is 0.228 e. The van der Waals surface area contributed by atoms with Crippen molar-refractivity contribution in [1.82, 2.24) is 5.32 Å². The Hall–Kier alpha value is -1.13. The monoisotopic (exact) mass is 282 g/mol. The van der Waals surface area contributed by atoms with E-state index >= 15 is 0 Å². The molecule has 3 rings (SSSR count). The van der Waals surface area contributed by atoms with E-state index in [0.717, 1.165) is 32.4 Å². The Bertz CT molecular complexity index is 514. The predicted octanol–water partition coefficient (Wildman–Crippen LogP) is 2.81. The first-order valence-corrected chi connectivity index (χ1v) is 6.95. The zero-order valence-electron chi connectivity index (χ0n) is 10.5. The summed E-state index contributed by atoms with van der Waals surface area (Å²) in [7, 11) is 0. The summed E-state index contributed by atoms with van der Waals surface area (Å²) in [4.78, 5) is 12.2. The third-order valence-electron chi connectivity index (χ3n) is 4.29. The van der Waals surface area contributed by atoms with E-state index < -0.39 is 5.82 Å². The van der Waals surface area contributed by atoms with Crippen LogP contribution in [0.5, 0.6) is 0 Å². The van der Waals surface area contributed by atoms with Crippen molar-refractivity contribution in [3.8, 4) is 0 Å². The van der Waals surface area contributed by atoms with E-state index in [2.05, 4.69) is 10.6 Å². The number of hydrogen-bond donors (Lipinski definition) is 2. The quantitative estimate of drug-likeness (QED) is 0.876. The Labute approximate surface area is 116 Å². The highest BCUT2D eigenvalue weighted by atomic mass is 35.5. The number of benzene rings is 1. The van der Waals surface area contributed by atoms with Crippen LogP contribution in [0.2, 0.25) is 5.02 Å². The van der Waals surface area contributed by atoms with Crippen LogP contribution in [0.1, 0.15) is 19.3 Å². The lowest BCUT2D eigenvalue weighted by molar-refractivity contribution is -0.118. The van der Waals surface area contributed by atoms with E-state index in [1.165, 1.54) is 18.2 Å². The third-order valence-corrected chi connectivity index (χ3v) is 4.61. The van der Waals surface area contributed by atoms with E-state index in [9.17, 15) is 9.18 Å². The maximum Gasteiger partial charge on any atom is 0.228 e. The molecule has 1 amide bonds. The molecule has 1 aromatic carbocycles. The number of nitrogens with one attached hydrogen (secondary N) is 2. The van der Waals surface area contributed by atoms with Gasteiger partial charge < -0.3 is 10.6 Å².